The van der Waals surface area contributed by atoms with Gasteiger partial charge in [-0.15, -0.1) is 0 Å². The molecular formula is C20H23FN2O5. The summed E-state index contributed by atoms with van der Waals surface area (Å²) < 4.78 is 29.2. The summed E-state index contributed by atoms with van der Waals surface area (Å²) >= 11 is 0. The zero-order valence-electron chi connectivity index (χ0n) is 16.0. The predicted octanol–water partition coefficient (Wildman–Crippen LogP) is 2.39. The van der Waals surface area contributed by atoms with E-state index in [-0.39, 0.29) is 18.1 Å². The first-order chi connectivity index (χ1) is 13.4. The molecule has 1 atom stereocenters. The predicted molar refractivity (Wildman–Crippen MR) is 101 cm³/mol. The second-order valence-corrected chi connectivity index (χ2v) is 5.95. The summed E-state index contributed by atoms with van der Waals surface area (Å²) in [5, 5.41) is 0. The van der Waals surface area contributed by atoms with E-state index in [1.165, 1.54) is 25.1 Å². The van der Waals surface area contributed by atoms with E-state index >= 15 is 0 Å². The lowest BCUT2D eigenvalue weighted by Gasteiger charge is -2.15. The first kappa shape index (κ1) is 21.0. The van der Waals surface area contributed by atoms with Crippen LogP contribution in [0.15, 0.2) is 42.5 Å². The molecule has 0 bridgehead atoms. The molecule has 0 unspecified atom stereocenters. The fourth-order valence-electron chi connectivity index (χ4n) is 2.35. The Bertz CT molecular complexity index is 806. The minimum Gasteiger partial charge on any atom is -0.497 e. The third kappa shape index (κ3) is 6.15. The zero-order valence-corrected chi connectivity index (χ0v) is 16.0. The lowest BCUT2D eigenvalue weighted by atomic mass is 10.1. The molecule has 28 heavy (non-hydrogen) atoms. The average Bonchev–Trinajstić information content (AvgIpc) is 2.71. The van der Waals surface area contributed by atoms with Gasteiger partial charge in [0.25, 0.3) is 5.91 Å². The highest BCUT2D eigenvalue weighted by atomic mass is 19.1. The molecule has 0 saturated heterocycles. The minimum atomic E-state index is -0.986. The molecule has 0 fully saturated rings. The summed E-state index contributed by atoms with van der Waals surface area (Å²) in [5.74, 6) is -0.333. The second kappa shape index (κ2) is 10.1. The standard InChI is InChI=1S/C20H23FN2O5/c1-13(28-18-7-5-4-6-17(18)21)20(25)23-22-19(24)9-8-14-10-15(26-2)12-16(11-14)27-3/h4-7,10-13H,8-9H2,1-3H3,(H,22,24)(H,23,25)/t13-/m1/s1. The summed E-state index contributed by atoms with van der Waals surface area (Å²) in [5.41, 5.74) is 5.44. The van der Waals surface area contributed by atoms with Crippen LogP contribution in [-0.2, 0) is 16.0 Å². The van der Waals surface area contributed by atoms with Crippen molar-refractivity contribution in [1.29, 1.82) is 0 Å². The summed E-state index contributed by atoms with van der Waals surface area (Å²) in [6.07, 6.45) is -0.421. The number of benzene rings is 2. The first-order valence-electron chi connectivity index (χ1n) is 8.64. The number of carbonyl (C=O) groups is 2. The zero-order chi connectivity index (χ0) is 20.5. The first-order valence-corrected chi connectivity index (χ1v) is 8.64. The van der Waals surface area contributed by atoms with Gasteiger partial charge in [0.15, 0.2) is 17.7 Å². The average molecular weight is 390 g/mol. The number of halogens is 1. The van der Waals surface area contributed by atoms with Gasteiger partial charge < -0.3 is 14.2 Å². The Kier molecular flexibility index (Phi) is 7.62. The fourth-order valence-corrected chi connectivity index (χ4v) is 2.35. The Morgan fingerprint density at radius 1 is 1.04 bits per heavy atom. The van der Waals surface area contributed by atoms with Crippen LogP contribution in [0.5, 0.6) is 17.2 Å². The van der Waals surface area contributed by atoms with Gasteiger partial charge in [-0.05, 0) is 43.2 Å². The molecule has 0 aliphatic heterocycles. The SMILES string of the molecule is COc1cc(CCC(=O)NNC(=O)[C@@H](C)Oc2ccccc2F)cc(OC)c1. The molecule has 2 amide bonds. The van der Waals surface area contributed by atoms with Crippen LogP contribution in [0.3, 0.4) is 0 Å². The van der Waals surface area contributed by atoms with Crippen molar-refractivity contribution in [2.75, 3.05) is 14.2 Å². The Balaban J connectivity index is 1.80. The van der Waals surface area contributed by atoms with Crippen LogP contribution in [0.4, 0.5) is 4.39 Å². The highest BCUT2D eigenvalue weighted by Gasteiger charge is 2.17. The topological polar surface area (TPSA) is 85.9 Å². The third-order valence-corrected chi connectivity index (χ3v) is 3.89. The molecule has 7 nitrogen and oxygen atoms in total. The molecule has 2 aromatic rings. The molecule has 0 aliphatic rings. The van der Waals surface area contributed by atoms with E-state index < -0.39 is 17.8 Å². The maximum Gasteiger partial charge on any atom is 0.279 e. The number of carbonyl (C=O) groups excluding carboxylic acids is 2. The number of para-hydroxylation sites is 1. The van der Waals surface area contributed by atoms with Gasteiger partial charge in [0.1, 0.15) is 11.5 Å². The van der Waals surface area contributed by atoms with Crippen molar-refractivity contribution in [2.45, 2.75) is 25.9 Å². The van der Waals surface area contributed by atoms with Gasteiger partial charge in [-0.25, -0.2) is 4.39 Å². The molecule has 0 spiro atoms. The maximum atomic E-state index is 13.6. The smallest absolute Gasteiger partial charge is 0.279 e. The molecule has 2 rings (SSSR count). The molecule has 2 aromatic carbocycles. The van der Waals surface area contributed by atoms with E-state index in [0.717, 1.165) is 5.56 Å². The van der Waals surface area contributed by atoms with E-state index in [4.69, 9.17) is 14.2 Å². The van der Waals surface area contributed by atoms with Crippen LogP contribution in [0, 0.1) is 5.82 Å². The van der Waals surface area contributed by atoms with Crippen molar-refractivity contribution >= 4 is 11.8 Å². The summed E-state index contributed by atoms with van der Waals surface area (Å²) in [6.45, 7) is 1.45. The molecular weight excluding hydrogens is 367 g/mol. The Labute approximate surface area is 162 Å². The number of hydrogen-bond donors (Lipinski definition) is 2. The van der Waals surface area contributed by atoms with Crippen LogP contribution in [0.2, 0.25) is 0 Å². The monoisotopic (exact) mass is 390 g/mol. The van der Waals surface area contributed by atoms with E-state index in [2.05, 4.69) is 10.9 Å². The molecule has 0 heterocycles. The van der Waals surface area contributed by atoms with E-state index in [0.29, 0.717) is 17.9 Å². The van der Waals surface area contributed by atoms with E-state index in [1.807, 2.05) is 0 Å². The summed E-state index contributed by atoms with van der Waals surface area (Å²) in [7, 11) is 3.09. The molecule has 150 valence electrons. The van der Waals surface area contributed by atoms with Crippen LogP contribution in [0.1, 0.15) is 18.9 Å². The number of rotatable bonds is 8. The van der Waals surface area contributed by atoms with Crippen molar-refractivity contribution in [1.82, 2.24) is 10.9 Å². The number of hydrogen-bond acceptors (Lipinski definition) is 5. The third-order valence-electron chi connectivity index (χ3n) is 3.89. The Hall–Kier alpha value is -3.29. The number of hydrazine groups is 1. The van der Waals surface area contributed by atoms with Crippen molar-refractivity contribution < 1.29 is 28.2 Å². The van der Waals surface area contributed by atoms with Crippen molar-refractivity contribution in [3.8, 4) is 17.2 Å². The quantitative estimate of drug-likeness (QED) is 0.676. The van der Waals surface area contributed by atoms with Gasteiger partial charge in [-0.2, -0.15) is 0 Å². The number of aryl methyl sites for hydroxylation is 1. The molecule has 8 heteroatoms. The van der Waals surface area contributed by atoms with Gasteiger partial charge in [0.05, 0.1) is 14.2 Å². The second-order valence-electron chi connectivity index (χ2n) is 5.95. The number of ether oxygens (including phenoxy) is 3. The van der Waals surface area contributed by atoms with Crippen molar-refractivity contribution in [2.24, 2.45) is 0 Å². The van der Waals surface area contributed by atoms with Gasteiger partial charge in [-0.1, -0.05) is 12.1 Å². The largest absolute Gasteiger partial charge is 0.497 e. The fraction of sp³-hybridized carbons (Fsp3) is 0.300. The van der Waals surface area contributed by atoms with Crippen LogP contribution < -0.4 is 25.1 Å². The highest BCUT2D eigenvalue weighted by molar-refractivity contribution is 5.84. The van der Waals surface area contributed by atoms with Gasteiger partial charge in [0, 0.05) is 12.5 Å². The van der Waals surface area contributed by atoms with E-state index in [1.54, 1.807) is 38.5 Å². The number of methoxy groups -OCH3 is 2. The van der Waals surface area contributed by atoms with Gasteiger partial charge in [-0.3, -0.25) is 20.4 Å². The van der Waals surface area contributed by atoms with Crippen molar-refractivity contribution in [3.63, 3.8) is 0 Å². The minimum absolute atomic E-state index is 0.0385. The molecule has 0 aromatic heterocycles. The Morgan fingerprint density at radius 2 is 1.68 bits per heavy atom. The van der Waals surface area contributed by atoms with E-state index in [9.17, 15) is 14.0 Å². The maximum absolute atomic E-state index is 13.6. The van der Waals surface area contributed by atoms with Gasteiger partial charge >= 0.3 is 0 Å². The highest BCUT2D eigenvalue weighted by Crippen LogP contribution is 2.23. The van der Waals surface area contributed by atoms with Crippen LogP contribution >= 0.6 is 0 Å². The molecule has 0 saturated carbocycles. The molecule has 0 radical (unpaired) electrons. The Morgan fingerprint density at radius 3 is 2.29 bits per heavy atom. The lowest BCUT2D eigenvalue weighted by Crippen LogP contribution is -2.47. The summed E-state index contributed by atoms with van der Waals surface area (Å²) in [4.78, 5) is 24.0. The number of amides is 2. The number of nitrogens with one attached hydrogen (secondary N) is 2. The van der Waals surface area contributed by atoms with Crippen molar-refractivity contribution in [3.05, 3.63) is 53.8 Å². The molecule has 2 N–H and O–H groups in total. The van der Waals surface area contributed by atoms with Gasteiger partial charge in [0.2, 0.25) is 5.91 Å². The lowest BCUT2D eigenvalue weighted by molar-refractivity contribution is -0.132. The summed E-state index contributed by atoms with van der Waals surface area (Å²) in [6, 6.07) is 11.1. The van der Waals surface area contributed by atoms with Crippen LogP contribution in [-0.4, -0.2) is 32.1 Å². The molecule has 0 aliphatic carbocycles. The van der Waals surface area contributed by atoms with Crippen LogP contribution in [0.25, 0.3) is 0 Å². The normalized spacial score (nSPS) is 11.3.